The number of fused-ring (bicyclic) bond motifs is 1. The first-order chi connectivity index (χ1) is 12.9. The van der Waals surface area contributed by atoms with Crippen LogP contribution in [0.15, 0.2) is 52.9 Å². The minimum absolute atomic E-state index is 0.0238. The van der Waals surface area contributed by atoms with Crippen LogP contribution in [0.1, 0.15) is 18.2 Å². The Balaban J connectivity index is 1.63. The van der Waals surface area contributed by atoms with Crippen LogP contribution >= 0.6 is 0 Å². The van der Waals surface area contributed by atoms with Gasteiger partial charge in [-0.2, -0.15) is 0 Å². The van der Waals surface area contributed by atoms with Crippen LogP contribution in [0.4, 0.5) is 0 Å². The second-order valence-electron chi connectivity index (χ2n) is 6.63. The van der Waals surface area contributed by atoms with Gasteiger partial charge in [0.1, 0.15) is 0 Å². The topological polar surface area (TPSA) is 95.0 Å². The van der Waals surface area contributed by atoms with Crippen LogP contribution in [-0.4, -0.2) is 36.0 Å². The first-order valence-corrected chi connectivity index (χ1v) is 8.52. The summed E-state index contributed by atoms with van der Waals surface area (Å²) >= 11 is 0. The average Bonchev–Trinajstić information content (AvgIpc) is 3.04. The molecule has 8 heteroatoms. The van der Waals surface area contributed by atoms with E-state index < -0.39 is 17.1 Å². The molecule has 3 rings (SSSR count). The second-order valence-corrected chi connectivity index (χ2v) is 6.63. The Morgan fingerprint density at radius 1 is 1.19 bits per heavy atom. The Kier molecular flexibility index (Phi) is 5.88. The molecule has 0 spiro atoms. The van der Waals surface area contributed by atoms with Gasteiger partial charge in [-0.15, -0.1) is 0 Å². The summed E-state index contributed by atoms with van der Waals surface area (Å²) in [4.78, 5) is 10.4. The van der Waals surface area contributed by atoms with Gasteiger partial charge in [0.25, 0.3) is 0 Å². The Morgan fingerprint density at radius 2 is 1.96 bits per heavy atom. The van der Waals surface area contributed by atoms with Gasteiger partial charge >= 0.3 is 150 Å². The Hall–Kier alpha value is -2.71. The number of aliphatic hydroxyl groups is 1. The normalized spacial score (nSPS) is 13.3. The number of benzene rings is 2. The maximum absolute atomic E-state index is 10.8. The Labute approximate surface area is 156 Å². The molecule has 1 aromatic heterocycles. The maximum atomic E-state index is 10.8. The molecule has 1 atom stereocenters. The van der Waals surface area contributed by atoms with E-state index in [1.165, 1.54) is 7.13 Å². The summed E-state index contributed by atoms with van der Waals surface area (Å²) in [5, 5.41) is 22.6. The van der Waals surface area contributed by atoms with Crippen molar-refractivity contribution in [3.63, 3.8) is 0 Å². The van der Waals surface area contributed by atoms with E-state index in [1.807, 2.05) is 30.3 Å². The van der Waals surface area contributed by atoms with Crippen LogP contribution in [0.3, 0.4) is 0 Å². The average molecular weight is 369 g/mol. The molecule has 0 aliphatic heterocycles. The van der Waals surface area contributed by atoms with Crippen LogP contribution in [0, 0.1) is 10.1 Å². The predicted octanol–water partition coefficient (Wildman–Crippen LogP) is 2.89. The SMILES string of the molecule is CC(O)(COCc1ccccc1)COc1cccc2boc(C[N+](=O)[O-])c12. The number of ether oxygens (including phenoxy) is 2. The van der Waals surface area contributed by atoms with Gasteiger partial charge in [0.2, 0.25) is 0 Å². The molecule has 0 bridgehead atoms. The first kappa shape index (κ1) is 19.1. The number of rotatable bonds is 9. The number of hydrogen-bond donors (Lipinski definition) is 1. The van der Waals surface area contributed by atoms with Crippen molar-refractivity contribution in [1.82, 2.24) is 0 Å². The van der Waals surface area contributed by atoms with Crippen molar-refractivity contribution in [3.8, 4) is 5.75 Å². The summed E-state index contributed by atoms with van der Waals surface area (Å²) in [5.74, 6) is 0.659. The van der Waals surface area contributed by atoms with Crippen molar-refractivity contribution >= 4 is 17.8 Å². The fourth-order valence-electron chi connectivity index (χ4n) is 2.73. The fourth-order valence-corrected chi connectivity index (χ4v) is 2.73. The van der Waals surface area contributed by atoms with Crippen molar-refractivity contribution in [2.45, 2.75) is 25.7 Å². The van der Waals surface area contributed by atoms with Gasteiger partial charge in [0.05, 0.1) is 0 Å². The molecule has 0 amide bonds. The van der Waals surface area contributed by atoms with Gasteiger partial charge in [-0.1, -0.05) is 6.07 Å². The molecule has 0 saturated carbocycles. The van der Waals surface area contributed by atoms with E-state index in [0.29, 0.717) is 23.0 Å². The van der Waals surface area contributed by atoms with E-state index in [2.05, 4.69) is 0 Å². The number of hydrogen-bond acceptors (Lipinski definition) is 6. The molecule has 1 unspecified atom stereocenters. The molecule has 2 aromatic carbocycles. The van der Waals surface area contributed by atoms with Crippen molar-refractivity contribution < 1.29 is 23.8 Å². The van der Waals surface area contributed by atoms with E-state index in [4.69, 9.17) is 13.8 Å². The van der Waals surface area contributed by atoms with Crippen molar-refractivity contribution in [2.75, 3.05) is 13.2 Å². The van der Waals surface area contributed by atoms with E-state index in [-0.39, 0.29) is 19.0 Å². The molecule has 0 aliphatic carbocycles. The van der Waals surface area contributed by atoms with Gasteiger partial charge < -0.3 is 0 Å². The van der Waals surface area contributed by atoms with E-state index >= 15 is 0 Å². The monoisotopic (exact) mass is 369 g/mol. The number of nitrogens with zero attached hydrogens (tertiary/aromatic N) is 1. The third-order valence-electron chi connectivity index (χ3n) is 4.00. The molecule has 0 radical (unpaired) electrons. The summed E-state index contributed by atoms with van der Waals surface area (Å²) in [6, 6.07) is 14.9. The third kappa shape index (κ3) is 5.15. The molecule has 27 heavy (non-hydrogen) atoms. The van der Waals surface area contributed by atoms with E-state index in [1.54, 1.807) is 25.1 Å². The molecular formula is C19H20BNO6. The summed E-state index contributed by atoms with van der Waals surface area (Å²) in [6.07, 6.45) is 0. The number of nitro groups is 1. The molecule has 1 N–H and O–H groups in total. The molecule has 0 aliphatic rings. The van der Waals surface area contributed by atoms with Gasteiger partial charge in [0.15, 0.2) is 0 Å². The molecule has 7 nitrogen and oxygen atoms in total. The first-order valence-electron chi connectivity index (χ1n) is 8.52. The molecule has 3 aromatic rings. The summed E-state index contributed by atoms with van der Waals surface area (Å²) in [7, 11) is 1.46. The standard InChI is InChI=1S/C19H20BNO6/c1-19(22,12-25-11-14-6-3-2-4-7-14)13-26-16-9-5-8-15-18(16)17(27-20-15)10-21(23)24/h2-9,22H,10-13H2,1H3. The van der Waals surface area contributed by atoms with E-state index in [0.717, 1.165) is 5.56 Å². The Morgan fingerprint density at radius 3 is 2.70 bits per heavy atom. The Bertz CT molecular complexity index is 909. The van der Waals surface area contributed by atoms with Crippen LogP contribution in [0.25, 0.3) is 10.7 Å². The third-order valence-corrected chi connectivity index (χ3v) is 4.00. The zero-order valence-electron chi connectivity index (χ0n) is 15.0. The fraction of sp³-hybridized carbons (Fsp3) is 0.316. The van der Waals surface area contributed by atoms with Gasteiger partial charge in [0, 0.05) is 0 Å². The van der Waals surface area contributed by atoms with E-state index in [9.17, 15) is 15.2 Å². The zero-order valence-corrected chi connectivity index (χ0v) is 15.0. The molecule has 0 fully saturated rings. The van der Waals surface area contributed by atoms with Crippen molar-refractivity contribution in [3.05, 3.63) is 70.0 Å². The zero-order chi connectivity index (χ0) is 19.3. The van der Waals surface area contributed by atoms with Crippen LogP contribution < -0.4 is 4.74 Å². The van der Waals surface area contributed by atoms with Gasteiger partial charge in [-0.3, -0.25) is 0 Å². The molecular weight excluding hydrogens is 349 g/mol. The van der Waals surface area contributed by atoms with Crippen LogP contribution in [0.5, 0.6) is 5.75 Å². The van der Waals surface area contributed by atoms with Gasteiger partial charge in [-0.25, -0.2) is 0 Å². The van der Waals surface area contributed by atoms with Crippen LogP contribution in [0.2, 0.25) is 0 Å². The van der Waals surface area contributed by atoms with Crippen molar-refractivity contribution in [2.24, 2.45) is 0 Å². The van der Waals surface area contributed by atoms with Crippen LogP contribution in [-0.2, 0) is 17.9 Å². The summed E-state index contributed by atoms with van der Waals surface area (Å²) in [6.45, 7) is 1.64. The second kappa shape index (κ2) is 8.32. The molecule has 0 saturated heterocycles. The molecule has 140 valence electrons. The van der Waals surface area contributed by atoms with Crippen molar-refractivity contribution in [1.29, 1.82) is 0 Å². The predicted molar refractivity (Wildman–Crippen MR) is 100 cm³/mol. The summed E-state index contributed by atoms with van der Waals surface area (Å²) < 4.78 is 16.6. The van der Waals surface area contributed by atoms with Gasteiger partial charge in [-0.05, 0) is 0 Å². The summed E-state index contributed by atoms with van der Waals surface area (Å²) in [5.41, 5.74) is -0.203. The molecule has 1 heterocycles. The quantitative estimate of drug-likeness (QED) is 0.460. The minimum atomic E-state index is -1.22.